The maximum atomic E-state index is 12.0. The summed E-state index contributed by atoms with van der Waals surface area (Å²) in [5.41, 5.74) is 2.61. The number of rotatable bonds is 6. The number of carbonyl (C=O) groups is 2. The van der Waals surface area contributed by atoms with Gasteiger partial charge in [-0.1, -0.05) is 12.1 Å². The summed E-state index contributed by atoms with van der Waals surface area (Å²) in [7, 11) is 1.61. The van der Waals surface area contributed by atoms with Gasteiger partial charge in [0.15, 0.2) is 5.82 Å². The quantitative estimate of drug-likeness (QED) is 0.758. The predicted octanol–water partition coefficient (Wildman–Crippen LogP) is 1.86. The molecule has 0 saturated carbocycles. The lowest BCUT2D eigenvalue weighted by atomic mass is 10.1. The Hall–Kier alpha value is -2.83. The van der Waals surface area contributed by atoms with Crippen LogP contribution in [-0.2, 0) is 9.59 Å². The highest BCUT2D eigenvalue weighted by Crippen LogP contribution is 2.30. The van der Waals surface area contributed by atoms with Crippen molar-refractivity contribution in [3.05, 3.63) is 30.0 Å². The molecule has 0 radical (unpaired) electrons. The summed E-state index contributed by atoms with van der Waals surface area (Å²) in [4.78, 5) is 22.8. The lowest BCUT2D eigenvalue weighted by molar-refractivity contribution is -0.119. The second-order valence-electron chi connectivity index (χ2n) is 5.08. The van der Waals surface area contributed by atoms with Crippen LogP contribution < -0.4 is 15.4 Å². The largest absolute Gasteiger partial charge is 0.497 e. The van der Waals surface area contributed by atoms with Gasteiger partial charge in [-0.05, 0) is 24.6 Å². The Morgan fingerprint density at radius 3 is 2.57 bits per heavy atom. The standard InChI is InChI=1S/C16H20N4O3/c1-10-15(12-4-6-13(23-3)7-5-12)16(20-19-10)18-14(22)8-9-17-11(2)21/h4-7H,8-9H2,1-3H3,(H,17,21)(H2,18,19,20,22). The normalized spacial score (nSPS) is 10.2. The first kappa shape index (κ1) is 16.5. The van der Waals surface area contributed by atoms with E-state index in [4.69, 9.17) is 4.74 Å². The molecular formula is C16H20N4O3. The van der Waals surface area contributed by atoms with Crippen LogP contribution in [0.3, 0.4) is 0 Å². The van der Waals surface area contributed by atoms with Gasteiger partial charge >= 0.3 is 0 Å². The van der Waals surface area contributed by atoms with Crippen LogP contribution in [0.25, 0.3) is 11.1 Å². The van der Waals surface area contributed by atoms with Gasteiger partial charge in [0.1, 0.15) is 5.75 Å². The predicted molar refractivity (Wildman–Crippen MR) is 87.2 cm³/mol. The Morgan fingerprint density at radius 1 is 1.26 bits per heavy atom. The molecule has 0 fully saturated rings. The number of hydrogen-bond acceptors (Lipinski definition) is 4. The summed E-state index contributed by atoms with van der Waals surface area (Å²) in [6.07, 6.45) is 0.188. The van der Waals surface area contributed by atoms with Crippen molar-refractivity contribution in [2.75, 3.05) is 19.0 Å². The van der Waals surface area contributed by atoms with Gasteiger partial charge in [0.2, 0.25) is 11.8 Å². The molecule has 0 spiro atoms. The van der Waals surface area contributed by atoms with Crippen molar-refractivity contribution in [1.29, 1.82) is 0 Å². The van der Waals surface area contributed by atoms with Crippen LogP contribution >= 0.6 is 0 Å². The summed E-state index contributed by atoms with van der Waals surface area (Å²) in [5, 5.41) is 12.4. The highest BCUT2D eigenvalue weighted by Gasteiger charge is 2.15. The number of aryl methyl sites for hydroxylation is 1. The number of amides is 2. The van der Waals surface area contributed by atoms with Crippen LogP contribution in [0.15, 0.2) is 24.3 Å². The van der Waals surface area contributed by atoms with E-state index < -0.39 is 0 Å². The molecule has 0 aliphatic carbocycles. The molecule has 23 heavy (non-hydrogen) atoms. The van der Waals surface area contributed by atoms with Crippen LogP contribution in [0.2, 0.25) is 0 Å². The number of anilines is 1. The van der Waals surface area contributed by atoms with Crippen molar-refractivity contribution in [3.63, 3.8) is 0 Å². The Balaban J connectivity index is 2.11. The van der Waals surface area contributed by atoms with Gasteiger partial charge in [-0.3, -0.25) is 14.7 Å². The number of aromatic nitrogens is 2. The summed E-state index contributed by atoms with van der Waals surface area (Å²) < 4.78 is 5.15. The van der Waals surface area contributed by atoms with Crippen LogP contribution in [-0.4, -0.2) is 35.7 Å². The van der Waals surface area contributed by atoms with Gasteiger partial charge in [-0.25, -0.2) is 0 Å². The molecule has 0 bridgehead atoms. The highest BCUT2D eigenvalue weighted by atomic mass is 16.5. The van der Waals surface area contributed by atoms with Gasteiger partial charge in [0, 0.05) is 31.1 Å². The Kier molecular flexibility index (Phi) is 5.35. The second kappa shape index (κ2) is 7.44. The van der Waals surface area contributed by atoms with Crippen LogP contribution in [0.4, 0.5) is 5.82 Å². The highest BCUT2D eigenvalue weighted by molar-refractivity contribution is 5.94. The van der Waals surface area contributed by atoms with E-state index in [1.54, 1.807) is 7.11 Å². The van der Waals surface area contributed by atoms with E-state index in [9.17, 15) is 9.59 Å². The molecule has 2 amide bonds. The van der Waals surface area contributed by atoms with Gasteiger partial charge in [0.05, 0.1) is 7.11 Å². The van der Waals surface area contributed by atoms with Gasteiger partial charge in [-0.15, -0.1) is 0 Å². The number of nitrogens with zero attached hydrogens (tertiary/aromatic N) is 1. The number of nitrogens with one attached hydrogen (secondary N) is 3. The first-order valence-electron chi connectivity index (χ1n) is 7.25. The van der Waals surface area contributed by atoms with Crippen LogP contribution in [0.1, 0.15) is 19.0 Å². The second-order valence-corrected chi connectivity index (χ2v) is 5.08. The SMILES string of the molecule is COc1ccc(-c2c(NC(=O)CCNC(C)=O)n[nH]c2C)cc1. The van der Waals surface area contributed by atoms with Crippen molar-refractivity contribution < 1.29 is 14.3 Å². The summed E-state index contributed by atoms with van der Waals surface area (Å²) >= 11 is 0. The molecule has 0 unspecified atom stereocenters. The maximum absolute atomic E-state index is 12.0. The van der Waals surface area contributed by atoms with Gasteiger partial charge in [-0.2, -0.15) is 5.10 Å². The van der Waals surface area contributed by atoms with E-state index in [1.165, 1.54) is 6.92 Å². The third-order valence-corrected chi connectivity index (χ3v) is 3.31. The average molecular weight is 316 g/mol. The fourth-order valence-electron chi connectivity index (χ4n) is 2.18. The first-order chi connectivity index (χ1) is 11.0. The molecule has 7 heteroatoms. The van der Waals surface area contributed by atoms with Crippen molar-refractivity contribution in [2.24, 2.45) is 0 Å². The smallest absolute Gasteiger partial charge is 0.227 e. The molecule has 1 aromatic heterocycles. The van der Waals surface area contributed by atoms with Crippen LogP contribution in [0.5, 0.6) is 5.75 Å². The monoisotopic (exact) mass is 316 g/mol. The molecule has 7 nitrogen and oxygen atoms in total. The fraction of sp³-hybridized carbons (Fsp3) is 0.312. The lowest BCUT2D eigenvalue weighted by Crippen LogP contribution is -2.25. The minimum atomic E-state index is -0.208. The molecule has 0 saturated heterocycles. The zero-order chi connectivity index (χ0) is 16.8. The first-order valence-corrected chi connectivity index (χ1v) is 7.25. The zero-order valence-electron chi connectivity index (χ0n) is 13.4. The van der Waals surface area contributed by atoms with E-state index in [1.807, 2.05) is 31.2 Å². The number of ether oxygens (including phenoxy) is 1. The summed E-state index contributed by atoms with van der Waals surface area (Å²) in [6, 6.07) is 7.52. The molecular weight excluding hydrogens is 296 g/mol. The summed E-state index contributed by atoms with van der Waals surface area (Å²) in [6.45, 7) is 3.60. The maximum Gasteiger partial charge on any atom is 0.227 e. The van der Waals surface area contributed by atoms with Crippen molar-refractivity contribution in [1.82, 2.24) is 15.5 Å². The fourth-order valence-corrected chi connectivity index (χ4v) is 2.18. The molecule has 3 N–H and O–H groups in total. The summed E-state index contributed by atoms with van der Waals surface area (Å²) in [5.74, 6) is 0.864. The minimum Gasteiger partial charge on any atom is -0.497 e. The van der Waals surface area contributed by atoms with E-state index in [0.717, 1.165) is 22.6 Å². The van der Waals surface area contributed by atoms with E-state index in [-0.39, 0.29) is 18.2 Å². The Morgan fingerprint density at radius 2 is 1.96 bits per heavy atom. The number of hydrogen-bond donors (Lipinski definition) is 3. The van der Waals surface area contributed by atoms with Crippen molar-refractivity contribution in [3.8, 4) is 16.9 Å². The van der Waals surface area contributed by atoms with E-state index in [0.29, 0.717) is 12.4 Å². The molecule has 0 aliphatic heterocycles. The number of methoxy groups -OCH3 is 1. The van der Waals surface area contributed by atoms with Gasteiger partial charge < -0.3 is 15.4 Å². The number of H-pyrrole nitrogens is 1. The Labute approximate surface area is 134 Å². The molecule has 1 aromatic carbocycles. The van der Waals surface area contributed by atoms with Crippen molar-refractivity contribution in [2.45, 2.75) is 20.3 Å². The topological polar surface area (TPSA) is 96.1 Å². The van der Waals surface area contributed by atoms with Crippen molar-refractivity contribution >= 4 is 17.6 Å². The molecule has 2 aromatic rings. The molecule has 0 aliphatic rings. The molecule has 1 heterocycles. The third kappa shape index (κ3) is 4.32. The average Bonchev–Trinajstić information content (AvgIpc) is 2.87. The molecule has 122 valence electrons. The zero-order valence-corrected chi connectivity index (χ0v) is 13.4. The number of aromatic amines is 1. The van der Waals surface area contributed by atoms with E-state index in [2.05, 4.69) is 20.8 Å². The molecule has 2 rings (SSSR count). The number of benzene rings is 1. The van der Waals surface area contributed by atoms with E-state index >= 15 is 0 Å². The lowest BCUT2D eigenvalue weighted by Gasteiger charge is -2.07. The van der Waals surface area contributed by atoms with Crippen LogP contribution in [0, 0.1) is 6.92 Å². The Bertz CT molecular complexity index is 692. The van der Waals surface area contributed by atoms with Gasteiger partial charge in [0.25, 0.3) is 0 Å². The minimum absolute atomic E-state index is 0.160. The number of carbonyl (C=O) groups excluding carboxylic acids is 2. The third-order valence-electron chi connectivity index (χ3n) is 3.31. The molecule has 0 atom stereocenters.